The minimum Gasteiger partial charge on any atom is -0.496 e. The van der Waals surface area contributed by atoms with Gasteiger partial charge in [-0.05, 0) is 60.5 Å². The third-order valence-corrected chi connectivity index (χ3v) is 5.08. The summed E-state index contributed by atoms with van der Waals surface area (Å²) in [5, 5.41) is 4.89. The molecule has 4 aromatic rings. The maximum absolute atomic E-state index is 13.1. The molecule has 0 atom stereocenters. The number of hydrogen-bond donors (Lipinski definition) is 1. The highest BCUT2D eigenvalue weighted by Crippen LogP contribution is 2.31. The van der Waals surface area contributed by atoms with Crippen LogP contribution in [0.1, 0.15) is 29.3 Å². The molecule has 0 aliphatic carbocycles. The highest BCUT2D eigenvalue weighted by Gasteiger charge is 2.15. The molecule has 166 valence electrons. The molecule has 4 rings (SSSR count). The van der Waals surface area contributed by atoms with Crippen molar-refractivity contribution in [1.29, 1.82) is 0 Å². The van der Waals surface area contributed by atoms with Gasteiger partial charge in [0.25, 0.3) is 5.91 Å². The SMILES string of the molecule is CCCOc1ccc(/C=N/NC(=O)c2cc(-c3ccccc3OC)nc3ccccc23)cc1. The van der Waals surface area contributed by atoms with Gasteiger partial charge in [0.15, 0.2) is 0 Å². The normalized spacial score (nSPS) is 11.0. The fourth-order valence-electron chi connectivity index (χ4n) is 3.45. The van der Waals surface area contributed by atoms with Crippen LogP contribution in [0.15, 0.2) is 84.0 Å². The summed E-state index contributed by atoms with van der Waals surface area (Å²) in [5.74, 6) is 1.19. The zero-order valence-corrected chi connectivity index (χ0v) is 18.6. The molecule has 1 aromatic heterocycles. The Bertz CT molecular complexity index is 1280. The molecule has 0 unspecified atom stereocenters. The first-order chi connectivity index (χ1) is 16.2. The van der Waals surface area contributed by atoms with Crippen molar-refractivity contribution in [1.82, 2.24) is 10.4 Å². The van der Waals surface area contributed by atoms with Gasteiger partial charge in [-0.1, -0.05) is 37.3 Å². The smallest absolute Gasteiger partial charge is 0.272 e. The molecule has 0 saturated carbocycles. The number of carbonyl (C=O) groups excluding carboxylic acids is 1. The van der Waals surface area contributed by atoms with Gasteiger partial charge >= 0.3 is 0 Å². The molecule has 0 aliphatic heterocycles. The van der Waals surface area contributed by atoms with Crippen molar-refractivity contribution in [2.45, 2.75) is 13.3 Å². The first-order valence-corrected chi connectivity index (χ1v) is 10.8. The second-order valence-electron chi connectivity index (χ2n) is 7.39. The Hall–Kier alpha value is -4.19. The van der Waals surface area contributed by atoms with Gasteiger partial charge in [-0.3, -0.25) is 4.79 Å². The molecule has 0 saturated heterocycles. The highest BCUT2D eigenvalue weighted by molar-refractivity contribution is 6.07. The average molecular weight is 440 g/mol. The van der Waals surface area contributed by atoms with E-state index in [-0.39, 0.29) is 5.91 Å². The Morgan fingerprint density at radius 3 is 2.58 bits per heavy atom. The van der Waals surface area contributed by atoms with E-state index in [0.717, 1.165) is 34.2 Å². The van der Waals surface area contributed by atoms with Gasteiger partial charge < -0.3 is 9.47 Å². The molecule has 0 radical (unpaired) electrons. The number of pyridine rings is 1. The second-order valence-corrected chi connectivity index (χ2v) is 7.39. The monoisotopic (exact) mass is 439 g/mol. The summed E-state index contributed by atoms with van der Waals surface area (Å²) in [5.41, 5.74) is 6.17. The fourth-order valence-corrected chi connectivity index (χ4v) is 3.45. The number of ether oxygens (including phenoxy) is 2. The number of fused-ring (bicyclic) bond motifs is 1. The largest absolute Gasteiger partial charge is 0.496 e. The topological polar surface area (TPSA) is 72.8 Å². The molecule has 1 amide bonds. The van der Waals surface area contributed by atoms with Crippen molar-refractivity contribution < 1.29 is 14.3 Å². The lowest BCUT2D eigenvalue weighted by Gasteiger charge is -2.11. The van der Waals surface area contributed by atoms with E-state index in [9.17, 15) is 4.79 Å². The number of rotatable bonds is 8. The van der Waals surface area contributed by atoms with Crippen LogP contribution in [0.2, 0.25) is 0 Å². The Morgan fingerprint density at radius 1 is 1.03 bits per heavy atom. The van der Waals surface area contributed by atoms with Crippen molar-refractivity contribution in [3.63, 3.8) is 0 Å². The van der Waals surface area contributed by atoms with Gasteiger partial charge in [0.2, 0.25) is 0 Å². The number of amides is 1. The van der Waals surface area contributed by atoms with Crippen molar-refractivity contribution in [2.24, 2.45) is 5.10 Å². The summed E-state index contributed by atoms with van der Waals surface area (Å²) < 4.78 is 11.1. The van der Waals surface area contributed by atoms with E-state index >= 15 is 0 Å². The highest BCUT2D eigenvalue weighted by atomic mass is 16.5. The third-order valence-electron chi connectivity index (χ3n) is 5.08. The van der Waals surface area contributed by atoms with E-state index in [1.807, 2.05) is 72.8 Å². The van der Waals surface area contributed by atoms with Crippen molar-refractivity contribution in [3.8, 4) is 22.8 Å². The number of carbonyl (C=O) groups is 1. The fraction of sp³-hybridized carbons (Fsp3) is 0.148. The summed E-state index contributed by atoms with van der Waals surface area (Å²) in [6.45, 7) is 2.75. The number of methoxy groups -OCH3 is 1. The predicted molar refractivity (Wildman–Crippen MR) is 131 cm³/mol. The molecule has 0 spiro atoms. The van der Waals surface area contributed by atoms with Crippen molar-refractivity contribution >= 4 is 23.0 Å². The Labute approximate surface area is 192 Å². The first-order valence-electron chi connectivity index (χ1n) is 10.8. The van der Waals surface area contributed by atoms with Gasteiger partial charge in [0.1, 0.15) is 11.5 Å². The Kier molecular flexibility index (Phi) is 6.95. The van der Waals surface area contributed by atoms with Crippen molar-refractivity contribution in [3.05, 3.63) is 90.0 Å². The third kappa shape index (κ3) is 5.18. The number of aromatic nitrogens is 1. The van der Waals surface area contributed by atoms with Gasteiger partial charge in [-0.2, -0.15) is 5.10 Å². The molecule has 3 aromatic carbocycles. The van der Waals surface area contributed by atoms with Crippen LogP contribution in [0.4, 0.5) is 0 Å². The van der Waals surface area contributed by atoms with Gasteiger partial charge in [-0.25, -0.2) is 10.4 Å². The Balaban J connectivity index is 1.59. The molecular weight excluding hydrogens is 414 g/mol. The number of nitrogens with zero attached hydrogens (tertiary/aromatic N) is 2. The van der Waals surface area contributed by atoms with Crippen LogP contribution in [-0.4, -0.2) is 30.8 Å². The van der Waals surface area contributed by atoms with E-state index in [2.05, 4.69) is 17.5 Å². The van der Waals surface area contributed by atoms with E-state index in [1.165, 1.54) is 0 Å². The lowest BCUT2D eigenvalue weighted by molar-refractivity contribution is 0.0956. The van der Waals surface area contributed by atoms with Crippen LogP contribution in [-0.2, 0) is 0 Å². The zero-order chi connectivity index (χ0) is 23.0. The zero-order valence-electron chi connectivity index (χ0n) is 18.6. The van der Waals surface area contributed by atoms with E-state index in [0.29, 0.717) is 23.6 Å². The molecule has 6 heteroatoms. The summed E-state index contributed by atoms with van der Waals surface area (Å²) in [4.78, 5) is 17.8. The van der Waals surface area contributed by atoms with Crippen molar-refractivity contribution in [2.75, 3.05) is 13.7 Å². The van der Waals surface area contributed by atoms with Crippen LogP contribution in [0.25, 0.3) is 22.2 Å². The molecular formula is C27H25N3O3. The second kappa shape index (κ2) is 10.4. The number of hydrogen-bond acceptors (Lipinski definition) is 5. The molecule has 1 heterocycles. The van der Waals surface area contributed by atoms with E-state index in [1.54, 1.807) is 19.4 Å². The number of nitrogens with one attached hydrogen (secondary N) is 1. The van der Waals surface area contributed by atoms with Crippen LogP contribution < -0.4 is 14.9 Å². The van der Waals surface area contributed by atoms with Crippen LogP contribution in [0, 0.1) is 0 Å². The molecule has 6 nitrogen and oxygen atoms in total. The number of hydrazone groups is 1. The number of para-hydroxylation sites is 2. The van der Waals surface area contributed by atoms with Gasteiger partial charge in [0.05, 0.1) is 36.7 Å². The molecule has 0 fully saturated rings. The van der Waals surface area contributed by atoms with E-state index < -0.39 is 0 Å². The average Bonchev–Trinajstić information content (AvgIpc) is 2.87. The van der Waals surface area contributed by atoms with E-state index in [4.69, 9.17) is 14.5 Å². The lowest BCUT2D eigenvalue weighted by atomic mass is 10.0. The summed E-state index contributed by atoms with van der Waals surface area (Å²) in [6, 6.07) is 24.5. The summed E-state index contributed by atoms with van der Waals surface area (Å²) >= 11 is 0. The molecule has 33 heavy (non-hydrogen) atoms. The predicted octanol–water partition coefficient (Wildman–Crippen LogP) is 5.46. The molecule has 0 bridgehead atoms. The lowest BCUT2D eigenvalue weighted by Crippen LogP contribution is -2.18. The minimum absolute atomic E-state index is 0.316. The maximum atomic E-state index is 13.1. The van der Waals surface area contributed by atoms with Crippen LogP contribution >= 0.6 is 0 Å². The Morgan fingerprint density at radius 2 is 1.79 bits per heavy atom. The van der Waals surface area contributed by atoms with Crippen LogP contribution in [0.5, 0.6) is 11.5 Å². The summed E-state index contributed by atoms with van der Waals surface area (Å²) in [7, 11) is 1.62. The maximum Gasteiger partial charge on any atom is 0.272 e. The molecule has 0 aliphatic rings. The quantitative estimate of drug-likeness (QED) is 0.292. The molecule has 1 N–H and O–H groups in total. The van der Waals surface area contributed by atoms with Gasteiger partial charge in [-0.15, -0.1) is 0 Å². The van der Waals surface area contributed by atoms with Gasteiger partial charge in [0, 0.05) is 10.9 Å². The number of benzene rings is 3. The summed E-state index contributed by atoms with van der Waals surface area (Å²) in [6.07, 6.45) is 2.56. The van der Waals surface area contributed by atoms with Crippen LogP contribution in [0.3, 0.4) is 0 Å². The standard InChI is InChI=1S/C27H25N3O3/c1-3-16-33-20-14-12-19(13-15-20)18-28-30-27(31)23-17-25(22-9-5-7-11-26(22)32-2)29-24-10-6-4-8-21(23)24/h4-15,17-18H,3,16H2,1-2H3,(H,30,31)/b28-18+. The first kappa shape index (κ1) is 22.0. The minimum atomic E-state index is -0.316.